The fourth-order valence-corrected chi connectivity index (χ4v) is 5.42. The maximum atomic E-state index is 13.0. The van der Waals surface area contributed by atoms with Gasteiger partial charge in [-0.15, -0.1) is 0 Å². The van der Waals surface area contributed by atoms with Gasteiger partial charge in [-0.05, 0) is 54.5 Å². The summed E-state index contributed by atoms with van der Waals surface area (Å²) >= 11 is 6.21. The van der Waals surface area contributed by atoms with Gasteiger partial charge in [0.25, 0.3) is 5.91 Å². The molecule has 0 aromatic heterocycles. The zero-order chi connectivity index (χ0) is 23.3. The van der Waals surface area contributed by atoms with E-state index in [2.05, 4.69) is 26.1 Å². The largest absolute Gasteiger partial charge is 0.491 e. The molecular weight excluding hydrogens is 448 g/mol. The second-order valence-corrected chi connectivity index (χ2v) is 10.9. The summed E-state index contributed by atoms with van der Waals surface area (Å²) in [5.74, 6) is 1.20. The van der Waals surface area contributed by atoms with Gasteiger partial charge in [0.2, 0.25) is 10.0 Å². The van der Waals surface area contributed by atoms with Gasteiger partial charge in [0, 0.05) is 13.1 Å². The molecule has 1 aliphatic rings. The fourth-order valence-electron chi connectivity index (χ4n) is 3.72. The predicted octanol–water partition coefficient (Wildman–Crippen LogP) is 4.69. The smallest absolute Gasteiger partial charge is 0.252 e. The van der Waals surface area contributed by atoms with Gasteiger partial charge in [-0.2, -0.15) is 4.31 Å². The number of ether oxygens (including phenoxy) is 1. The van der Waals surface area contributed by atoms with Crippen molar-refractivity contribution in [2.45, 2.75) is 44.4 Å². The Morgan fingerprint density at radius 1 is 1.19 bits per heavy atom. The third-order valence-electron chi connectivity index (χ3n) is 5.75. The van der Waals surface area contributed by atoms with Crippen molar-refractivity contribution in [2.75, 3.05) is 26.2 Å². The number of carbonyl (C=O) groups is 1. The Kier molecular flexibility index (Phi) is 8.20. The van der Waals surface area contributed by atoms with E-state index >= 15 is 0 Å². The van der Waals surface area contributed by atoms with Gasteiger partial charge in [-0.1, -0.05) is 50.6 Å². The van der Waals surface area contributed by atoms with E-state index in [-0.39, 0.29) is 28.6 Å². The average molecular weight is 479 g/mol. The first-order valence-electron chi connectivity index (χ1n) is 11.0. The van der Waals surface area contributed by atoms with Crippen LogP contribution in [0.2, 0.25) is 5.02 Å². The summed E-state index contributed by atoms with van der Waals surface area (Å²) in [4.78, 5) is 12.8. The molecule has 0 aliphatic carbocycles. The molecule has 0 spiro atoms. The predicted molar refractivity (Wildman–Crippen MR) is 127 cm³/mol. The Hall–Kier alpha value is -2.09. The number of nitrogens with one attached hydrogen (secondary N) is 1. The van der Waals surface area contributed by atoms with Crippen molar-refractivity contribution in [2.24, 2.45) is 5.92 Å². The van der Waals surface area contributed by atoms with Crippen LogP contribution in [-0.2, 0) is 10.0 Å². The quantitative estimate of drug-likeness (QED) is 0.558. The molecule has 1 saturated heterocycles. The molecule has 0 bridgehead atoms. The molecule has 0 saturated carbocycles. The molecular formula is C24H31ClN2O4S. The van der Waals surface area contributed by atoms with Crippen LogP contribution in [0.5, 0.6) is 5.75 Å². The molecule has 0 atom stereocenters. The molecule has 2 aromatic carbocycles. The number of para-hydroxylation sites is 1. The number of hydrogen-bond acceptors (Lipinski definition) is 4. The van der Waals surface area contributed by atoms with Crippen LogP contribution in [0.15, 0.2) is 47.4 Å². The second-order valence-electron chi connectivity index (χ2n) is 8.53. The molecule has 174 valence electrons. The normalized spacial score (nSPS) is 15.7. The van der Waals surface area contributed by atoms with Crippen LogP contribution in [0.3, 0.4) is 0 Å². The summed E-state index contributed by atoms with van der Waals surface area (Å²) < 4.78 is 33.3. The minimum absolute atomic E-state index is 0.0868. The molecule has 1 N–H and O–H groups in total. The van der Waals surface area contributed by atoms with Crippen molar-refractivity contribution in [3.05, 3.63) is 58.6 Å². The van der Waals surface area contributed by atoms with Crippen molar-refractivity contribution < 1.29 is 17.9 Å². The Morgan fingerprint density at radius 3 is 2.56 bits per heavy atom. The summed E-state index contributed by atoms with van der Waals surface area (Å²) in [7, 11) is -3.66. The monoisotopic (exact) mass is 478 g/mol. The number of nitrogens with zero attached hydrogens (tertiary/aromatic N) is 1. The van der Waals surface area contributed by atoms with E-state index in [1.807, 2.05) is 24.3 Å². The molecule has 6 nitrogen and oxygen atoms in total. The number of amides is 1. The number of piperidine rings is 1. The lowest BCUT2D eigenvalue weighted by Crippen LogP contribution is -2.38. The third-order valence-corrected chi connectivity index (χ3v) is 7.97. The molecule has 1 fully saturated rings. The molecule has 1 amide bonds. The number of benzene rings is 2. The number of carbonyl (C=O) groups excluding carboxylic acids is 1. The minimum Gasteiger partial charge on any atom is -0.491 e. The number of hydrogen-bond donors (Lipinski definition) is 1. The van der Waals surface area contributed by atoms with E-state index in [0.717, 1.165) is 24.2 Å². The second kappa shape index (κ2) is 10.7. The lowest BCUT2D eigenvalue weighted by atomic mass is 10.0. The summed E-state index contributed by atoms with van der Waals surface area (Å²) in [6, 6.07) is 12.1. The summed E-state index contributed by atoms with van der Waals surface area (Å²) in [5.41, 5.74) is 1.24. The highest BCUT2D eigenvalue weighted by Crippen LogP contribution is 2.27. The Balaban J connectivity index is 1.63. The van der Waals surface area contributed by atoms with Crippen LogP contribution < -0.4 is 10.1 Å². The van der Waals surface area contributed by atoms with Crippen LogP contribution in [0.25, 0.3) is 0 Å². The maximum Gasteiger partial charge on any atom is 0.252 e. The first kappa shape index (κ1) is 24.6. The number of sulfonamides is 1. The lowest BCUT2D eigenvalue weighted by Gasteiger charge is -2.29. The van der Waals surface area contributed by atoms with E-state index in [1.165, 1.54) is 22.5 Å². The topological polar surface area (TPSA) is 75.7 Å². The van der Waals surface area contributed by atoms with Gasteiger partial charge < -0.3 is 10.1 Å². The molecule has 0 radical (unpaired) electrons. The van der Waals surface area contributed by atoms with Gasteiger partial charge in [-0.25, -0.2) is 8.42 Å². The van der Waals surface area contributed by atoms with Crippen molar-refractivity contribution in [1.29, 1.82) is 0 Å². The Labute approximate surface area is 196 Å². The maximum absolute atomic E-state index is 13.0. The van der Waals surface area contributed by atoms with E-state index < -0.39 is 15.9 Å². The van der Waals surface area contributed by atoms with Crippen LogP contribution in [0, 0.1) is 5.92 Å². The van der Waals surface area contributed by atoms with E-state index in [1.54, 1.807) is 0 Å². The van der Waals surface area contributed by atoms with Crippen LogP contribution in [0.1, 0.15) is 55.5 Å². The highest BCUT2D eigenvalue weighted by atomic mass is 35.5. The van der Waals surface area contributed by atoms with Gasteiger partial charge in [0.1, 0.15) is 12.4 Å². The van der Waals surface area contributed by atoms with Crippen LogP contribution in [-0.4, -0.2) is 44.9 Å². The van der Waals surface area contributed by atoms with Gasteiger partial charge >= 0.3 is 0 Å². The van der Waals surface area contributed by atoms with Gasteiger partial charge in [0.05, 0.1) is 22.0 Å². The minimum atomic E-state index is -3.66. The molecule has 0 unspecified atom stereocenters. The zero-order valence-corrected chi connectivity index (χ0v) is 20.4. The third kappa shape index (κ3) is 5.82. The van der Waals surface area contributed by atoms with E-state index in [4.69, 9.17) is 16.3 Å². The first-order valence-corrected chi connectivity index (χ1v) is 12.8. The van der Waals surface area contributed by atoms with Crippen LogP contribution in [0.4, 0.5) is 0 Å². The molecule has 3 rings (SSSR count). The Bertz CT molecular complexity index is 1050. The zero-order valence-electron chi connectivity index (χ0n) is 18.8. The fraction of sp³-hybridized carbons (Fsp3) is 0.458. The van der Waals surface area contributed by atoms with Crippen molar-refractivity contribution in [1.82, 2.24) is 9.62 Å². The first-order chi connectivity index (χ1) is 15.2. The molecule has 32 heavy (non-hydrogen) atoms. The van der Waals surface area contributed by atoms with Crippen molar-refractivity contribution in [3.63, 3.8) is 0 Å². The van der Waals surface area contributed by atoms with Crippen molar-refractivity contribution in [3.8, 4) is 5.75 Å². The summed E-state index contributed by atoms with van der Waals surface area (Å²) in [5, 5.41) is 2.97. The number of halogens is 1. The Morgan fingerprint density at radius 2 is 1.88 bits per heavy atom. The summed E-state index contributed by atoms with van der Waals surface area (Å²) in [6.07, 6.45) is 1.67. The van der Waals surface area contributed by atoms with Crippen molar-refractivity contribution >= 4 is 27.5 Å². The average Bonchev–Trinajstić information content (AvgIpc) is 2.77. The molecule has 2 aromatic rings. The lowest BCUT2D eigenvalue weighted by molar-refractivity contribution is 0.0947. The highest BCUT2D eigenvalue weighted by molar-refractivity contribution is 7.89. The van der Waals surface area contributed by atoms with E-state index in [9.17, 15) is 13.2 Å². The molecule has 8 heteroatoms. The van der Waals surface area contributed by atoms with Gasteiger partial charge in [0.15, 0.2) is 0 Å². The standard InChI is InChI=1S/C24H31ClN2O4S/c1-17(2)20-6-4-5-7-23(20)31-15-12-26-24(28)21-16-19(8-9-22(21)25)32(29,30)27-13-10-18(3)11-14-27/h4-9,16-18H,10-15H2,1-3H3,(H,26,28). The molecule has 1 heterocycles. The highest BCUT2D eigenvalue weighted by Gasteiger charge is 2.29. The van der Waals surface area contributed by atoms with Gasteiger partial charge in [-0.3, -0.25) is 4.79 Å². The number of rotatable bonds is 8. The van der Waals surface area contributed by atoms with Crippen LogP contribution >= 0.6 is 11.6 Å². The SMILES string of the molecule is CC1CCN(S(=O)(=O)c2ccc(Cl)c(C(=O)NCCOc3ccccc3C(C)C)c2)CC1. The summed E-state index contributed by atoms with van der Waals surface area (Å²) in [6.45, 7) is 7.85. The molecule has 1 aliphatic heterocycles. The van der Waals surface area contributed by atoms with E-state index in [0.29, 0.717) is 24.9 Å².